The van der Waals surface area contributed by atoms with Crippen molar-refractivity contribution in [1.82, 2.24) is 15.1 Å². The fraction of sp³-hybridized carbons (Fsp3) is 0.480. The molecule has 7 nitrogen and oxygen atoms in total. The van der Waals surface area contributed by atoms with Gasteiger partial charge in [0.25, 0.3) is 0 Å². The SMILES string of the molecule is CCNC(=NCc1cccc(CN2CCOCC2)c1)N1CCN(c2ccccc2O)CC1. The molecule has 2 aliphatic rings. The normalized spacial score (nSPS) is 18.1. The first-order valence-corrected chi connectivity index (χ1v) is 11.7. The standard InChI is InChI=1S/C25H35N5O2/c1-2-26-25(30-12-10-29(11-13-30)23-8-3-4-9-24(23)31)27-19-21-6-5-7-22(18-21)20-28-14-16-32-17-15-28/h3-9,18,31H,2,10-17,19-20H2,1H3,(H,26,27). The van der Waals surface area contributed by atoms with Crippen LogP contribution in [0.25, 0.3) is 0 Å². The number of nitrogens with zero attached hydrogens (tertiary/aromatic N) is 4. The molecule has 172 valence electrons. The fourth-order valence-corrected chi connectivity index (χ4v) is 4.33. The third-order valence-corrected chi connectivity index (χ3v) is 6.05. The number of rotatable bonds is 6. The first kappa shape index (κ1) is 22.4. The maximum absolute atomic E-state index is 10.2. The average molecular weight is 438 g/mol. The Morgan fingerprint density at radius 1 is 0.969 bits per heavy atom. The summed E-state index contributed by atoms with van der Waals surface area (Å²) in [7, 11) is 0. The zero-order valence-electron chi connectivity index (χ0n) is 19.0. The van der Waals surface area contributed by atoms with Crippen molar-refractivity contribution >= 4 is 11.6 Å². The van der Waals surface area contributed by atoms with Crippen molar-refractivity contribution in [1.29, 1.82) is 0 Å². The summed E-state index contributed by atoms with van der Waals surface area (Å²) in [5.74, 6) is 1.31. The third-order valence-electron chi connectivity index (χ3n) is 6.05. The van der Waals surface area contributed by atoms with Crippen molar-refractivity contribution < 1.29 is 9.84 Å². The molecule has 0 amide bonds. The van der Waals surface area contributed by atoms with E-state index in [0.717, 1.165) is 77.2 Å². The van der Waals surface area contributed by atoms with Crippen LogP contribution in [0.3, 0.4) is 0 Å². The van der Waals surface area contributed by atoms with Crippen LogP contribution in [0.4, 0.5) is 5.69 Å². The molecule has 0 atom stereocenters. The molecule has 0 radical (unpaired) electrons. The number of piperazine rings is 1. The number of morpholine rings is 1. The first-order chi connectivity index (χ1) is 15.7. The number of guanidine groups is 1. The van der Waals surface area contributed by atoms with Crippen molar-refractivity contribution in [3.63, 3.8) is 0 Å². The molecule has 2 aliphatic heterocycles. The Hall–Kier alpha value is -2.77. The number of aliphatic imine (C=N–C) groups is 1. The Balaban J connectivity index is 1.36. The fourth-order valence-electron chi connectivity index (χ4n) is 4.33. The predicted octanol–water partition coefficient (Wildman–Crippen LogP) is 2.51. The highest BCUT2D eigenvalue weighted by Gasteiger charge is 2.21. The molecule has 4 rings (SSSR count). The van der Waals surface area contributed by atoms with Crippen LogP contribution < -0.4 is 10.2 Å². The average Bonchev–Trinajstić information content (AvgIpc) is 2.83. The molecular formula is C25H35N5O2. The largest absolute Gasteiger partial charge is 0.506 e. The Labute approximate surface area is 191 Å². The maximum Gasteiger partial charge on any atom is 0.194 e. The van der Waals surface area contributed by atoms with Gasteiger partial charge in [-0.05, 0) is 30.2 Å². The van der Waals surface area contributed by atoms with Gasteiger partial charge in [-0.3, -0.25) is 4.90 Å². The topological polar surface area (TPSA) is 63.6 Å². The van der Waals surface area contributed by atoms with Crippen LogP contribution in [0.1, 0.15) is 18.1 Å². The monoisotopic (exact) mass is 437 g/mol. The molecule has 0 spiro atoms. The van der Waals surface area contributed by atoms with Crippen molar-refractivity contribution in [2.45, 2.75) is 20.0 Å². The van der Waals surface area contributed by atoms with Gasteiger partial charge < -0.3 is 25.0 Å². The summed E-state index contributed by atoms with van der Waals surface area (Å²) in [6.45, 7) is 11.7. The van der Waals surface area contributed by atoms with Gasteiger partial charge in [0.1, 0.15) is 5.75 Å². The van der Waals surface area contributed by atoms with Crippen molar-refractivity contribution in [3.8, 4) is 5.75 Å². The number of hydrogen-bond acceptors (Lipinski definition) is 5. The highest BCUT2D eigenvalue weighted by atomic mass is 16.5. The molecule has 32 heavy (non-hydrogen) atoms. The summed E-state index contributed by atoms with van der Waals surface area (Å²) in [6.07, 6.45) is 0. The number of nitrogens with one attached hydrogen (secondary N) is 1. The van der Waals surface area contributed by atoms with E-state index < -0.39 is 0 Å². The second kappa shape index (κ2) is 11.2. The molecule has 0 aliphatic carbocycles. The third kappa shape index (κ3) is 5.93. The van der Waals surface area contributed by atoms with E-state index in [9.17, 15) is 5.11 Å². The zero-order valence-corrected chi connectivity index (χ0v) is 19.0. The summed E-state index contributed by atoms with van der Waals surface area (Å²) in [5, 5.41) is 13.6. The number of phenolic OH excluding ortho intramolecular Hbond substituents is 1. The van der Waals surface area contributed by atoms with E-state index in [1.54, 1.807) is 6.07 Å². The van der Waals surface area contributed by atoms with Gasteiger partial charge in [-0.1, -0.05) is 36.4 Å². The number of aromatic hydroxyl groups is 1. The van der Waals surface area contributed by atoms with E-state index in [0.29, 0.717) is 12.3 Å². The second-order valence-corrected chi connectivity index (χ2v) is 8.34. The summed E-state index contributed by atoms with van der Waals surface area (Å²) in [6, 6.07) is 16.3. The van der Waals surface area contributed by atoms with Crippen LogP contribution in [0.5, 0.6) is 5.75 Å². The molecule has 2 saturated heterocycles. The summed E-state index contributed by atoms with van der Waals surface area (Å²) >= 11 is 0. The smallest absolute Gasteiger partial charge is 0.194 e. The van der Waals surface area contributed by atoms with E-state index in [1.807, 2.05) is 18.2 Å². The predicted molar refractivity (Wildman–Crippen MR) is 129 cm³/mol. The number of phenols is 1. The Morgan fingerprint density at radius 2 is 1.72 bits per heavy atom. The van der Waals surface area contributed by atoms with E-state index >= 15 is 0 Å². The molecule has 2 N–H and O–H groups in total. The highest BCUT2D eigenvalue weighted by Crippen LogP contribution is 2.27. The van der Waals surface area contributed by atoms with E-state index in [1.165, 1.54) is 11.1 Å². The number of para-hydroxylation sites is 2. The van der Waals surface area contributed by atoms with Gasteiger partial charge in [0, 0.05) is 52.4 Å². The molecular weight excluding hydrogens is 402 g/mol. The minimum atomic E-state index is 0.346. The Kier molecular flexibility index (Phi) is 7.85. The molecule has 2 fully saturated rings. The van der Waals surface area contributed by atoms with Crippen molar-refractivity contribution in [3.05, 3.63) is 59.7 Å². The van der Waals surface area contributed by atoms with E-state index in [-0.39, 0.29) is 0 Å². The van der Waals surface area contributed by atoms with Crippen LogP contribution in [0.15, 0.2) is 53.5 Å². The summed E-state index contributed by atoms with van der Waals surface area (Å²) < 4.78 is 5.46. The molecule has 0 unspecified atom stereocenters. The second-order valence-electron chi connectivity index (χ2n) is 8.34. The van der Waals surface area contributed by atoms with Crippen LogP contribution >= 0.6 is 0 Å². The lowest BCUT2D eigenvalue weighted by Crippen LogP contribution is -2.52. The highest BCUT2D eigenvalue weighted by molar-refractivity contribution is 5.80. The van der Waals surface area contributed by atoms with Gasteiger partial charge >= 0.3 is 0 Å². The molecule has 2 aromatic rings. The Bertz CT molecular complexity index is 889. The summed E-state index contributed by atoms with van der Waals surface area (Å²) in [4.78, 5) is 11.9. The molecule has 7 heteroatoms. The molecule has 0 saturated carbocycles. The van der Waals surface area contributed by atoms with Gasteiger partial charge in [-0.25, -0.2) is 4.99 Å². The number of benzene rings is 2. The van der Waals surface area contributed by atoms with Gasteiger partial charge in [-0.2, -0.15) is 0 Å². The lowest BCUT2D eigenvalue weighted by Gasteiger charge is -2.37. The lowest BCUT2D eigenvalue weighted by atomic mass is 10.1. The maximum atomic E-state index is 10.2. The van der Waals surface area contributed by atoms with Crippen molar-refractivity contribution in [2.24, 2.45) is 4.99 Å². The quantitative estimate of drug-likeness (QED) is 0.535. The first-order valence-electron chi connectivity index (χ1n) is 11.7. The van der Waals surface area contributed by atoms with E-state index in [2.05, 4.69) is 51.2 Å². The zero-order chi connectivity index (χ0) is 22.2. The van der Waals surface area contributed by atoms with E-state index in [4.69, 9.17) is 9.73 Å². The minimum absolute atomic E-state index is 0.346. The molecule has 0 bridgehead atoms. The van der Waals surface area contributed by atoms with Gasteiger partial charge in [0.05, 0.1) is 25.4 Å². The van der Waals surface area contributed by atoms with Gasteiger partial charge in [0.2, 0.25) is 0 Å². The Morgan fingerprint density at radius 3 is 2.47 bits per heavy atom. The number of hydrogen-bond donors (Lipinski definition) is 2. The van der Waals surface area contributed by atoms with Gasteiger partial charge in [0.15, 0.2) is 5.96 Å². The summed E-state index contributed by atoms with van der Waals surface area (Å²) in [5.41, 5.74) is 3.48. The van der Waals surface area contributed by atoms with Crippen LogP contribution in [0, 0.1) is 0 Å². The molecule has 0 aromatic heterocycles. The van der Waals surface area contributed by atoms with Crippen LogP contribution in [-0.2, 0) is 17.8 Å². The van der Waals surface area contributed by atoms with Crippen LogP contribution in [0.2, 0.25) is 0 Å². The van der Waals surface area contributed by atoms with Crippen molar-refractivity contribution in [2.75, 3.05) is 63.9 Å². The van der Waals surface area contributed by atoms with Crippen LogP contribution in [-0.4, -0.2) is 79.9 Å². The number of ether oxygens (including phenoxy) is 1. The molecule has 2 heterocycles. The van der Waals surface area contributed by atoms with Gasteiger partial charge in [-0.15, -0.1) is 0 Å². The minimum Gasteiger partial charge on any atom is -0.506 e. The number of anilines is 1. The molecule has 2 aromatic carbocycles. The lowest BCUT2D eigenvalue weighted by molar-refractivity contribution is 0.0342.